The van der Waals surface area contributed by atoms with Crippen LogP contribution in [0.5, 0.6) is 0 Å². The normalized spacial score (nSPS) is 21.6. The number of hydrogen-bond acceptors (Lipinski definition) is 6. The van der Waals surface area contributed by atoms with E-state index in [-0.39, 0.29) is 12.1 Å². The largest absolute Gasteiger partial charge is 0.357 e. The van der Waals surface area contributed by atoms with E-state index in [1.54, 1.807) is 13.2 Å². The summed E-state index contributed by atoms with van der Waals surface area (Å²) in [7, 11) is 1.79. The zero-order chi connectivity index (χ0) is 14.4. The summed E-state index contributed by atoms with van der Waals surface area (Å²) < 4.78 is 0. The van der Waals surface area contributed by atoms with Crippen LogP contribution >= 0.6 is 0 Å². The minimum Gasteiger partial charge on any atom is -0.357 e. The van der Waals surface area contributed by atoms with Gasteiger partial charge in [0.25, 0.3) is 0 Å². The van der Waals surface area contributed by atoms with Gasteiger partial charge in [-0.3, -0.25) is 5.10 Å². The predicted octanol–water partition coefficient (Wildman–Crippen LogP) is -0.392. The molecule has 9 heteroatoms. The van der Waals surface area contributed by atoms with Crippen LogP contribution in [0, 0.1) is 0 Å². The van der Waals surface area contributed by atoms with Crippen LogP contribution in [0.1, 0.15) is 0 Å². The van der Waals surface area contributed by atoms with Crippen molar-refractivity contribution < 1.29 is 4.79 Å². The van der Waals surface area contributed by atoms with Crippen molar-refractivity contribution in [1.82, 2.24) is 30.4 Å². The van der Waals surface area contributed by atoms with Gasteiger partial charge < -0.3 is 20.4 Å². The second-order valence-electron chi connectivity index (χ2n) is 5.23. The number of aromatic nitrogens is 4. The van der Waals surface area contributed by atoms with Gasteiger partial charge >= 0.3 is 6.03 Å². The van der Waals surface area contributed by atoms with Crippen LogP contribution in [0.15, 0.2) is 6.20 Å². The van der Waals surface area contributed by atoms with Crippen molar-refractivity contribution in [2.75, 3.05) is 43.4 Å². The number of anilines is 2. The smallest absolute Gasteiger partial charge is 0.317 e. The number of nitrogens with one attached hydrogen (secondary N) is 3. The molecule has 0 bridgehead atoms. The number of H-pyrrole nitrogens is 1. The first kappa shape index (κ1) is 12.2. The van der Waals surface area contributed by atoms with E-state index in [1.165, 1.54) is 0 Å². The maximum absolute atomic E-state index is 11.7. The fraction of sp³-hybridized carbons (Fsp3) is 0.500. The predicted molar refractivity (Wildman–Crippen MR) is 77.3 cm³/mol. The molecule has 21 heavy (non-hydrogen) atoms. The number of fused-ring (bicyclic) bond motifs is 2. The van der Waals surface area contributed by atoms with Crippen LogP contribution < -0.4 is 15.5 Å². The molecule has 2 fully saturated rings. The highest BCUT2D eigenvalue weighted by molar-refractivity contribution is 5.88. The van der Waals surface area contributed by atoms with Gasteiger partial charge in [-0.15, -0.1) is 0 Å². The summed E-state index contributed by atoms with van der Waals surface area (Å²) in [4.78, 5) is 24.7. The maximum atomic E-state index is 11.7. The third-order valence-corrected chi connectivity index (χ3v) is 4.05. The Bertz CT molecular complexity index is 698. The van der Waals surface area contributed by atoms with Gasteiger partial charge in [-0.25, -0.2) is 4.79 Å². The zero-order valence-electron chi connectivity index (χ0n) is 11.6. The fourth-order valence-electron chi connectivity index (χ4n) is 2.97. The van der Waals surface area contributed by atoms with Gasteiger partial charge in [-0.05, 0) is 0 Å². The zero-order valence-corrected chi connectivity index (χ0v) is 11.6. The Kier molecular flexibility index (Phi) is 2.59. The first-order chi connectivity index (χ1) is 10.3. The molecule has 1 unspecified atom stereocenters. The molecule has 9 nitrogen and oxygen atoms in total. The Morgan fingerprint density at radius 1 is 1.38 bits per heavy atom. The molecule has 0 aliphatic carbocycles. The molecule has 2 saturated heterocycles. The molecule has 0 saturated carbocycles. The average molecular weight is 288 g/mol. The minimum absolute atomic E-state index is 0.0340. The van der Waals surface area contributed by atoms with Gasteiger partial charge in [-0.2, -0.15) is 15.1 Å². The minimum atomic E-state index is 0.0340. The highest BCUT2D eigenvalue weighted by Crippen LogP contribution is 2.26. The molecule has 2 amide bonds. The number of carbonyl (C=O) groups is 1. The van der Waals surface area contributed by atoms with Crippen molar-refractivity contribution >= 4 is 28.8 Å². The van der Waals surface area contributed by atoms with E-state index in [9.17, 15) is 4.79 Å². The van der Waals surface area contributed by atoms with E-state index < -0.39 is 0 Å². The summed E-state index contributed by atoms with van der Waals surface area (Å²) in [6.07, 6.45) is 1.74. The van der Waals surface area contributed by atoms with Crippen LogP contribution in [0.3, 0.4) is 0 Å². The molecular formula is C12H16N8O. The lowest BCUT2D eigenvalue weighted by molar-refractivity contribution is 0.197. The number of nitrogens with zero attached hydrogens (tertiary/aromatic N) is 5. The lowest BCUT2D eigenvalue weighted by Gasteiger charge is -2.37. The Morgan fingerprint density at radius 2 is 2.29 bits per heavy atom. The standard InChI is InChI=1S/C12H16N8O/c1-13-11-16-9-8(5-15-18-9)10(17-11)19-2-3-20-7(6-19)4-14-12(20)21/h5,7H,2-4,6H2,1H3,(H,14,21)(H2,13,15,16,17,18). The van der Waals surface area contributed by atoms with Gasteiger partial charge in [0.1, 0.15) is 5.82 Å². The second-order valence-corrected chi connectivity index (χ2v) is 5.23. The van der Waals surface area contributed by atoms with E-state index in [4.69, 9.17) is 0 Å². The van der Waals surface area contributed by atoms with Gasteiger partial charge in [0.2, 0.25) is 5.95 Å². The van der Waals surface area contributed by atoms with Gasteiger partial charge in [-0.1, -0.05) is 0 Å². The first-order valence-corrected chi connectivity index (χ1v) is 6.94. The highest BCUT2D eigenvalue weighted by atomic mass is 16.2. The molecule has 110 valence electrons. The van der Waals surface area contributed by atoms with Crippen LogP contribution in [0.25, 0.3) is 11.0 Å². The molecule has 0 spiro atoms. The van der Waals surface area contributed by atoms with Crippen molar-refractivity contribution in [3.63, 3.8) is 0 Å². The van der Waals surface area contributed by atoms with E-state index in [1.807, 2.05) is 4.90 Å². The summed E-state index contributed by atoms with van der Waals surface area (Å²) in [6, 6.07) is 0.230. The van der Waals surface area contributed by atoms with Crippen LogP contribution in [-0.4, -0.2) is 70.4 Å². The Morgan fingerprint density at radius 3 is 3.14 bits per heavy atom. The van der Waals surface area contributed by atoms with E-state index >= 15 is 0 Å². The Labute approximate surface area is 120 Å². The highest BCUT2D eigenvalue weighted by Gasteiger charge is 2.36. The van der Waals surface area contributed by atoms with Crippen LogP contribution in [0.4, 0.5) is 16.6 Å². The van der Waals surface area contributed by atoms with Crippen molar-refractivity contribution in [2.24, 2.45) is 0 Å². The molecule has 4 rings (SSSR count). The third-order valence-electron chi connectivity index (χ3n) is 4.05. The molecule has 4 heterocycles. The number of piperazine rings is 1. The van der Waals surface area contributed by atoms with Gasteiger partial charge in [0.05, 0.1) is 17.6 Å². The Balaban J connectivity index is 1.70. The van der Waals surface area contributed by atoms with Crippen molar-refractivity contribution in [3.8, 4) is 0 Å². The van der Waals surface area contributed by atoms with Crippen LogP contribution in [-0.2, 0) is 0 Å². The third kappa shape index (κ3) is 1.84. The van der Waals surface area contributed by atoms with Crippen molar-refractivity contribution in [3.05, 3.63) is 6.20 Å². The van der Waals surface area contributed by atoms with E-state index in [0.29, 0.717) is 24.7 Å². The molecule has 2 aromatic rings. The monoisotopic (exact) mass is 288 g/mol. The number of amides is 2. The SMILES string of the molecule is CNc1nc(N2CCN3C(=O)NCC3C2)c2cn[nH]c2n1. The van der Waals surface area contributed by atoms with E-state index in [2.05, 4.69) is 35.7 Å². The molecule has 3 N–H and O–H groups in total. The topological polar surface area (TPSA) is 102 Å². The number of rotatable bonds is 2. The molecule has 2 aliphatic rings. The van der Waals surface area contributed by atoms with Gasteiger partial charge in [0.15, 0.2) is 5.65 Å². The lowest BCUT2D eigenvalue weighted by atomic mass is 10.2. The summed E-state index contributed by atoms with van der Waals surface area (Å²) in [5.41, 5.74) is 0.715. The number of hydrogen-bond donors (Lipinski definition) is 3. The van der Waals surface area contributed by atoms with Crippen molar-refractivity contribution in [2.45, 2.75) is 6.04 Å². The van der Waals surface area contributed by atoms with Crippen molar-refractivity contribution in [1.29, 1.82) is 0 Å². The molecule has 2 aliphatic heterocycles. The molecular weight excluding hydrogens is 272 g/mol. The first-order valence-electron chi connectivity index (χ1n) is 6.94. The summed E-state index contributed by atoms with van der Waals surface area (Å²) >= 11 is 0. The summed E-state index contributed by atoms with van der Waals surface area (Å²) in [5, 5.41) is 13.7. The maximum Gasteiger partial charge on any atom is 0.317 e. The molecule has 2 aromatic heterocycles. The summed E-state index contributed by atoms with van der Waals surface area (Å²) in [5.74, 6) is 1.42. The van der Waals surface area contributed by atoms with E-state index in [0.717, 1.165) is 24.3 Å². The number of aromatic amines is 1. The second kappa shape index (κ2) is 4.47. The fourth-order valence-corrected chi connectivity index (χ4v) is 2.97. The lowest BCUT2D eigenvalue weighted by Crippen LogP contribution is -2.52. The quantitative estimate of drug-likeness (QED) is 0.695. The molecule has 0 radical (unpaired) electrons. The molecule has 1 atom stereocenters. The number of urea groups is 1. The number of carbonyl (C=O) groups excluding carboxylic acids is 1. The summed E-state index contributed by atoms with van der Waals surface area (Å²) in [6.45, 7) is 2.91. The Hall–Kier alpha value is -2.58. The van der Waals surface area contributed by atoms with Gasteiger partial charge in [0, 0.05) is 33.2 Å². The molecule has 0 aromatic carbocycles. The average Bonchev–Trinajstić information content (AvgIpc) is 3.12. The van der Waals surface area contributed by atoms with Crippen LogP contribution in [0.2, 0.25) is 0 Å².